The maximum absolute atomic E-state index is 14.2. The number of halogens is 1. The molecule has 3 N–H and O–H groups in total. The summed E-state index contributed by atoms with van der Waals surface area (Å²) < 4.78 is 14.2. The average Bonchev–Trinajstić information content (AvgIpc) is 2.36. The first-order valence-corrected chi connectivity index (χ1v) is 6.68. The van der Waals surface area contributed by atoms with Crippen LogP contribution >= 0.6 is 0 Å². The van der Waals surface area contributed by atoms with Crippen LogP contribution < -0.4 is 16.0 Å². The molecule has 20 heavy (non-hydrogen) atoms. The molecule has 0 aromatic heterocycles. The van der Waals surface area contributed by atoms with E-state index < -0.39 is 17.6 Å². The van der Waals surface area contributed by atoms with Gasteiger partial charge >= 0.3 is 0 Å². The van der Waals surface area contributed by atoms with Gasteiger partial charge in [0.2, 0.25) is 11.8 Å². The number of nitrogens with two attached hydrogens (primary N) is 1. The van der Waals surface area contributed by atoms with Gasteiger partial charge in [-0.1, -0.05) is 6.07 Å². The summed E-state index contributed by atoms with van der Waals surface area (Å²) in [6.45, 7) is 1.44. The highest BCUT2D eigenvalue weighted by Gasteiger charge is 2.31. The molecule has 0 radical (unpaired) electrons. The monoisotopic (exact) mass is 277 g/mol. The van der Waals surface area contributed by atoms with E-state index in [1.54, 1.807) is 12.1 Å². The van der Waals surface area contributed by atoms with Crippen LogP contribution in [0.15, 0.2) is 18.2 Å². The molecule has 5 nitrogen and oxygen atoms in total. The molecule has 6 heteroatoms. The first-order valence-electron chi connectivity index (χ1n) is 6.68. The molecule has 2 aliphatic rings. The summed E-state index contributed by atoms with van der Waals surface area (Å²) in [5.74, 6) is -1.70. The van der Waals surface area contributed by atoms with Crippen molar-refractivity contribution in [2.75, 3.05) is 18.0 Å². The summed E-state index contributed by atoms with van der Waals surface area (Å²) in [4.78, 5) is 24.9. The van der Waals surface area contributed by atoms with Gasteiger partial charge in [0, 0.05) is 36.8 Å². The summed E-state index contributed by atoms with van der Waals surface area (Å²) in [6.07, 6.45) is 0.605. The third kappa shape index (κ3) is 2.27. The number of hydrogen-bond donors (Lipinski definition) is 2. The van der Waals surface area contributed by atoms with Gasteiger partial charge in [0.15, 0.2) is 0 Å². The van der Waals surface area contributed by atoms with E-state index in [1.807, 2.05) is 4.90 Å². The van der Waals surface area contributed by atoms with Crippen LogP contribution in [0.4, 0.5) is 10.1 Å². The Bertz CT molecular complexity index is 570. The van der Waals surface area contributed by atoms with Gasteiger partial charge in [-0.05, 0) is 18.6 Å². The van der Waals surface area contributed by atoms with Crippen molar-refractivity contribution >= 4 is 17.5 Å². The number of amides is 2. The molecule has 1 unspecified atom stereocenters. The SMILES string of the molecule is NC1CN(c2ccc(C3CCC(=O)NC3=O)c(F)c2)C1. The molecule has 0 bridgehead atoms. The van der Waals surface area contributed by atoms with Gasteiger partial charge in [-0.15, -0.1) is 0 Å². The quantitative estimate of drug-likeness (QED) is 0.772. The van der Waals surface area contributed by atoms with Crippen LogP contribution in [0.3, 0.4) is 0 Å². The molecule has 2 heterocycles. The summed E-state index contributed by atoms with van der Waals surface area (Å²) in [7, 11) is 0. The molecule has 1 aromatic rings. The van der Waals surface area contributed by atoms with Crippen molar-refractivity contribution in [1.82, 2.24) is 5.32 Å². The van der Waals surface area contributed by atoms with E-state index in [1.165, 1.54) is 6.07 Å². The molecule has 106 valence electrons. The highest BCUT2D eigenvalue weighted by atomic mass is 19.1. The van der Waals surface area contributed by atoms with Crippen molar-refractivity contribution in [3.8, 4) is 0 Å². The molecule has 1 aromatic carbocycles. The minimum atomic E-state index is -0.583. The molecule has 1 atom stereocenters. The molecule has 2 aliphatic heterocycles. The van der Waals surface area contributed by atoms with E-state index in [-0.39, 0.29) is 18.4 Å². The first-order chi connectivity index (χ1) is 9.54. The Morgan fingerprint density at radius 3 is 2.65 bits per heavy atom. The van der Waals surface area contributed by atoms with E-state index in [2.05, 4.69) is 5.32 Å². The molecule has 2 amide bonds. The second-order valence-electron chi connectivity index (χ2n) is 5.37. The summed E-state index contributed by atoms with van der Waals surface area (Å²) in [5, 5.41) is 2.25. The Morgan fingerprint density at radius 2 is 2.05 bits per heavy atom. The van der Waals surface area contributed by atoms with Gasteiger partial charge in [-0.3, -0.25) is 14.9 Å². The number of benzene rings is 1. The molecule has 0 spiro atoms. The van der Waals surface area contributed by atoms with Crippen LogP contribution in [-0.2, 0) is 9.59 Å². The van der Waals surface area contributed by atoms with E-state index in [0.29, 0.717) is 12.0 Å². The molecular formula is C14H16FN3O2. The average molecular weight is 277 g/mol. The normalized spacial score (nSPS) is 23.5. The predicted molar refractivity (Wildman–Crippen MR) is 71.7 cm³/mol. The van der Waals surface area contributed by atoms with Crippen LogP contribution in [-0.4, -0.2) is 30.9 Å². The third-order valence-corrected chi connectivity index (χ3v) is 3.87. The van der Waals surface area contributed by atoms with E-state index in [4.69, 9.17) is 5.73 Å². The maximum Gasteiger partial charge on any atom is 0.234 e. The minimum Gasteiger partial charge on any atom is -0.368 e. The first kappa shape index (κ1) is 13.1. The van der Waals surface area contributed by atoms with Gasteiger partial charge in [0.1, 0.15) is 5.82 Å². The lowest BCUT2D eigenvalue weighted by molar-refractivity contribution is -0.134. The molecular weight excluding hydrogens is 261 g/mol. The zero-order chi connectivity index (χ0) is 14.3. The van der Waals surface area contributed by atoms with Crippen molar-refractivity contribution in [1.29, 1.82) is 0 Å². The van der Waals surface area contributed by atoms with Crippen molar-refractivity contribution < 1.29 is 14.0 Å². The topological polar surface area (TPSA) is 75.4 Å². The van der Waals surface area contributed by atoms with Crippen LogP contribution in [0, 0.1) is 5.82 Å². The van der Waals surface area contributed by atoms with Crippen molar-refractivity contribution in [3.63, 3.8) is 0 Å². The van der Waals surface area contributed by atoms with E-state index in [9.17, 15) is 14.0 Å². The summed E-state index contributed by atoms with van der Waals surface area (Å²) in [5.41, 5.74) is 6.83. The van der Waals surface area contributed by atoms with Crippen LogP contribution in [0.2, 0.25) is 0 Å². The van der Waals surface area contributed by atoms with Crippen molar-refractivity contribution in [2.24, 2.45) is 5.73 Å². The number of hydrogen-bond acceptors (Lipinski definition) is 4. The smallest absolute Gasteiger partial charge is 0.234 e. The van der Waals surface area contributed by atoms with Gasteiger partial charge in [0.25, 0.3) is 0 Å². The fourth-order valence-corrected chi connectivity index (χ4v) is 2.71. The van der Waals surface area contributed by atoms with Crippen LogP contribution in [0.5, 0.6) is 0 Å². The predicted octanol–water partition coefficient (Wildman–Crippen LogP) is 0.493. The number of piperidine rings is 1. The lowest BCUT2D eigenvalue weighted by Gasteiger charge is -2.39. The van der Waals surface area contributed by atoms with Gasteiger partial charge in [0.05, 0.1) is 5.92 Å². The Kier molecular flexibility index (Phi) is 3.17. The largest absolute Gasteiger partial charge is 0.368 e. The molecule has 2 fully saturated rings. The highest BCUT2D eigenvalue weighted by molar-refractivity contribution is 6.00. The van der Waals surface area contributed by atoms with Crippen molar-refractivity contribution in [2.45, 2.75) is 24.8 Å². The maximum atomic E-state index is 14.2. The number of imide groups is 1. The second kappa shape index (κ2) is 4.86. The molecule has 3 rings (SSSR count). The zero-order valence-corrected chi connectivity index (χ0v) is 10.9. The molecule has 2 saturated heterocycles. The number of carbonyl (C=O) groups excluding carboxylic acids is 2. The fraction of sp³-hybridized carbons (Fsp3) is 0.429. The Labute approximate surface area is 115 Å². The number of nitrogens with zero attached hydrogens (tertiary/aromatic N) is 1. The second-order valence-corrected chi connectivity index (χ2v) is 5.37. The Morgan fingerprint density at radius 1 is 1.30 bits per heavy atom. The lowest BCUT2D eigenvalue weighted by Crippen LogP contribution is -2.55. The Hall–Kier alpha value is -1.95. The van der Waals surface area contributed by atoms with Crippen LogP contribution in [0.25, 0.3) is 0 Å². The zero-order valence-electron chi connectivity index (χ0n) is 10.9. The molecule has 0 aliphatic carbocycles. The molecule has 0 saturated carbocycles. The summed E-state index contributed by atoms with van der Waals surface area (Å²) in [6, 6.07) is 5.01. The minimum absolute atomic E-state index is 0.146. The van der Waals surface area contributed by atoms with Crippen molar-refractivity contribution in [3.05, 3.63) is 29.6 Å². The number of nitrogens with one attached hydrogen (secondary N) is 1. The lowest BCUT2D eigenvalue weighted by atomic mass is 9.90. The highest BCUT2D eigenvalue weighted by Crippen LogP contribution is 2.30. The van der Waals surface area contributed by atoms with E-state index >= 15 is 0 Å². The standard InChI is InChI=1S/C14H16FN3O2/c15-12-5-9(18-6-8(16)7-18)1-2-10(12)11-3-4-13(19)17-14(11)20/h1-2,5,8,11H,3-4,6-7,16H2,(H,17,19,20). The number of anilines is 1. The van der Waals surface area contributed by atoms with Gasteiger partial charge in [-0.25, -0.2) is 4.39 Å². The van der Waals surface area contributed by atoms with Gasteiger partial charge in [-0.2, -0.15) is 0 Å². The van der Waals surface area contributed by atoms with Gasteiger partial charge < -0.3 is 10.6 Å². The Balaban J connectivity index is 1.80. The third-order valence-electron chi connectivity index (χ3n) is 3.87. The van der Waals surface area contributed by atoms with Crippen LogP contribution in [0.1, 0.15) is 24.3 Å². The van der Waals surface area contributed by atoms with E-state index in [0.717, 1.165) is 18.8 Å². The fourth-order valence-electron chi connectivity index (χ4n) is 2.71. The summed E-state index contributed by atoms with van der Waals surface area (Å²) >= 11 is 0. The number of carbonyl (C=O) groups is 2. The number of rotatable bonds is 2.